The smallest absolute Gasteiger partial charge is 0.496 e. The van der Waals surface area contributed by atoms with Crippen LogP contribution in [-0.2, 0) is 4.57 Å². The molecule has 0 unspecified atom stereocenters. The Morgan fingerprint density at radius 2 is 0.844 bits per heavy atom. The number of carbonyl (C=O) groups excluding carboxylic acids is 2. The number of phosphoric ester groups is 1. The van der Waals surface area contributed by atoms with E-state index in [4.69, 9.17) is 37.5 Å². The SMILES string of the molecule is COc1cc(OC)c(C(=O)c2cccc(OP(=O)(O)Oc3cccc(C(=O)c4c(OC)cc(OC)cc4OC)c3)c2)c(OC)c1. The molecule has 45 heavy (non-hydrogen) atoms. The zero-order valence-electron chi connectivity index (χ0n) is 25.3. The summed E-state index contributed by atoms with van der Waals surface area (Å²) in [5.74, 6) is 0.415. The lowest BCUT2D eigenvalue weighted by Gasteiger charge is -2.17. The standard InChI is InChI=1S/C32H31O12P/c1-37-23-15-25(39-3)29(26(16-23)40-4)31(33)19-9-7-11-21(13-19)43-45(35,36)44-22-12-8-10-20(14-22)32(34)30-27(41-5)17-24(38-2)18-28(30)42-6/h7-18H,1-6H3,(H,35,36). The zero-order chi connectivity index (χ0) is 32.7. The molecule has 0 aromatic heterocycles. The van der Waals surface area contributed by atoms with Crippen LogP contribution >= 0.6 is 7.82 Å². The van der Waals surface area contributed by atoms with Crippen LogP contribution in [0.15, 0.2) is 72.8 Å². The van der Waals surface area contributed by atoms with Crippen molar-refractivity contribution in [1.29, 1.82) is 0 Å². The molecule has 0 aliphatic rings. The molecule has 0 saturated heterocycles. The van der Waals surface area contributed by atoms with Gasteiger partial charge in [0.05, 0.1) is 42.7 Å². The molecule has 0 heterocycles. The molecule has 0 aliphatic carbocycles. The maximum atomic E-state index is 13.5. The predicted molar refractivity (Wildman–Crippen MR) is 163 cm³/mol. The van der Waals surface area contributed by atoms with Crippen LogP contribution in [0.25, 0.3) is 0 Å². The highest BCUT2D eigenvalue weighted by Gasteiger charge is 2.28. The number of benzene rings is 4. The molecule has 0 spiro atoms. The first-order chi connectivity index (χ1) is 21.6. The summed E-state index contributed by atoms with van der Waals surface area (Å²) in [5, 5.41) is 0. The summed E-state index contributed by atoms with van der Waals surface area (Å²) in [4.78, 5) is 37.6. The lowest BCUT2D eigenvalue weighted by molar-refractivity contribution is 0.102. The van der Waals surface area contributed by atoms with Gasteiger partial charge in [-0.05, 0) is 24.3 Å². The van der Waals surface area contributed by atoms with Crippen LogP contribution < -0.4 is 37.5 Å². The van der Waals surface area contributed by atoms with E-state index in [2.05, 4.69) is 0 Å². The predicted octanol–water partition coefficient (Wildman–Crippen LogP) is 5.76. The summed E-state index contributed by atoms with van der Waals surface area (Å²) < 4.78 is 55.6. The first-order valence-electron chi connectivity index (χ1n) is 13.2. The van der Waals surface area contributed by atoms with E-state index in [0.717, 1.165) is 0 Å². The van der Waals surface area contributed by atoms with Crippen molar-refractivity contribution in [3.8, 4) is 46.0 Å². The highest BCUT2D eigenvalue weighted by Crippen LogP contribution is 2.45. The van der Waals surface area contributed by atoms with Gasteiger partial charge in [-0.1, -0.05) is 24.3 Å². The minimum Gasteiger partial charge on any atom is -0.496 e. The Hall–Kier alpha value is -5.19. The molecule has 4 aromatic carbocycles. The number of hydrogen-bond acceptors (Lipinski definition) is 11. The van der Waals surface area contributed by atoms with E-state index in [1.54, 1.807) is 0 Å². The summed E-state index contributed by atoms with van der Waals surface area (Å²) in [6, 6.07) is 17.4. The second-order valence-corrected chi connectivity index (χ2v) is 10.5. The summed E-state index contributed by atoms with van der Waals surface area (Å²) >= 11 is 0. The molecular weight excluding hydrogens is 607 g/mol. The molecule has 1 N–H and O–H groups in total. The highest BCUT2D eigenvalue weighted by molar-refractivity contribution is 7.48. The highest BCUT2D eigenvalue weighted by atomic mass is 31.2. The molecule has 4 rings (SSSR count). The Kier molecular flexibility index (Phi) is 10.2. The van der Waals surface area contributed by atoms with Crippen LogP contribution in [0.4, 0.5) is 0 Å². The van der Waals surface area contributed by atoms with Crippen molar-refractivity contribution in [3.63, 3.8) is 0 Å². The molecule has 0 radical (unpaired) electrons. The van der Waals surface area contributed by atoms with Gasteiger partial charge in [-0.3, -0.25) is 14.5 Å². The minimum atomic E-state index is -4.82. The fraction of sp³-hybridized carbons (Fsp3) is 0.188. The van der Waals surface area contributed by atoms with Crippen molar-refractivity contribution in [2.75, 3.05) is 42.7 Å². The lowest BCUT2D eigenvalue weighted by atomic mass is 10.0. The third-order valence-corrected chi connectivity index (χ3v) is 7.40. The molecule has 0 saturated carbocycles. The molecule has 0 bridgehead atoms. The minimum absolute atomic E-state index is 0.115. The topological polar surface area (TPSA) is 145 Å². The first-order valence-corrected chi connectivity index (χ1v) is 14.7. The fourth-order valence-corrected chi connectivity index (χ4v) is 5.22. The number of phosphoric acid groups is 1. The third-order valence-electron chi connectivity index (χ3n) is 6.52. The van der Waals surface area contributed by atoms with Crippen LogP contribution in [0.3, 0.4) is 0 Å². The molecule has 4 aromatic rings. The monoisotopic (exact) mass is 638 g/mol. The maximum absolute atomic E-state index is 13.5. The number of ketones is 2. The van der Waals surface area contributed by atoms with Gasteiger partial charge in [-0.25, -0.2) is 4.57 Å². The number of methoxy groups -OCH3 is 6. The van der Waals surface area contributed by atoms with E-state index in [0.29, 0.717) is 11.5 Å². The van der Waals surface area contributed by atoms with E-state index in [9.17, 15) is 19.0 Å². The van der Waals surface area contributed by atoms with Gasteiger partial charge >= 0.3 is 7.82 Å². The largest absolute Gasteiger partial charge is 0.584 e. The summed E-state index contributed by atoms with van der Waals surface area (Å²) in [7, 11) is 3.71. The van der Waals surface area contributed by atoms with Crippen LogP contribution in [0.2, 0.25) is 0 Å². The molecule has 12 nitrogen and oxygen atoms in total. The average Bonchev–Trinajstić information content (AvgIpc) is 3.05. The van der Waals surface area contributed by atoms with Gasteiger partial charge in [0.2, 0.25) is 11.6 Å². The number of carbonyl (C=O) groups is 2. The van der Waals surface area contributed by atoms with Crippen LogP contribution in [0, 0.1) is 0 Å². The number of rotatable bonds is 14. The molecule has 236 valence electrons. The van der Waals surface area contributed by atoms with Crippen molar-refractivity contribution in [1.82, 2.24) is 0 Å². The van der Waals surface area contributed by atoms with Crippen molar-refractivity contribution >= 4 is 19.4 Å². The Morgan fingerprint density at radius 1 is 0.511 bits per heavy atom. The molecule has 0 amide bonds. The van der Waals surface area contributed by atoms with Gasteiger partial charge < -0.3 is 37.5 Å². The molecular formula is C32H31O12P. The van der Waals surface area contributed by atoms with Gasteiger partial charge in [-0.2, -0.15) is 0 Å². The Bertz CT molecular complexity index is 1590. The van der Waals surface area contributed by atoms with Crippen LogP contribution in [-0.4, -0.2) is 59.1 Å². The lowest BCUT2D eigenvalue weighted by Crippen LogP contribution is -2.08. The van der Waals surface area contributed by atoms with Crippen LogP contribution in [0.5, 0.6) is 46.0 Å². The quantitative estimate of drug-likeness (QED) is 0.132. The van der Waals surface area contributed by atoms with Crippen molar-refractivity contribution in [2.24, 2.45) is 0 Å². The van der Waals surface area contributed by atoms with Gasteiger partial charge in [0.1, 0.15) is 57.1 Å². The van der Waals surface area contributed by atoms with Gasteiger partial charge in [0.25, 0.3) is 0 Å². The zero-order valence-corrected chi connectivity index (χ0v) is 26.2. The second-order valence-electron chi connectivity index (χ2n) is 9.18. The maximum Gasteiger partial charge on any atom is 0.584 e. The second kappa shape index (κ2) is 14.1. The van der Waals surface area contributed by atoms with Crippen molar-refractivity contribution in [2.45, 2.75) is 0 Å². The van der Waals surface area contributed by atoms with Crippen molar-refractivity contribution < 1.29 is 56.5 Å². The third kappa shape index (κ3) is 7.31. The molecule has 0 aliphatic heterocycles. The van der Waals surface area contributed by atoms with Crippen molar-refractivity contribution in [3.05, 3.63) is 95.1 Å². The fourth-order valence-electron chi connectivity index (χ4n) is 4.42. The van der Waals surface area contributed by atoms with E-state index in [1.807, 2.05) is 0 Å². The summed E-state index contributed by atoms with van der Waals surface area (Å²) in [6.07, 6.45) is 0. The summed E-state index contributed by atoms with van der Waals surface area (Å²) in [5.41, 5.74) is 0.467. The Balaban J connectivity index is 1.58. The van der Waals surface area contributed by atoms with E-state index in [1.165, 1.54) is 115 Å². The first kappa shape index (κ1) is 32.7. The van der Waals surface area contributed by atoms with E-state index in [-0.39, 0.29) is 56.8 Å². The average molecular weight is 639 g/mol. The van der Waals surface area contributed by atoms with Gasteiger partial charge in [-0.15, -0.1) is 0 Å². The van der Waals surface area contributed by atoms with Crippen LogP contribution in [0.1, 0.15) is 31.8 Å². The molecule has 0 atom stereocenters. The van der Waals surface area contributed by atoms with E-state index < -0.39 is 19.4 Å². The Labute approximate surface area is 259 Å². The Morgan fingerprint density at radius 3 is 1.13 bits per heavy atom. The molecule has 13 heteroatoms. The molecule has 0 fully saturated rings. The number of ether oxygens (including phenoxy) is 6. The van der Waals surface area contributed by atoms with Gasteiger partial charge in [0, 0.05) is 35.4 Å². The summed E-state index contributed by atoms with van der Waals surface area (Å²) in [6.45, 7) is 0. The normalized spacial score (nSPS) is 10.8. The van der Waals surface area contributed by atoms with Gasteiger partial charge in [0.15, 0.2) is 0 Å². The van der Waals surface area contributed by atoms with E-state index >= 15 is 0 Å². The number of hydrogen-bond donors (Lipinski definition) is 1.